The number of methoxy groups -OCH3 is 3. The zero-order valence-electron chi connectivity index (χ0n) is 18.4. The van der Waals surface area contributed by atoms with Gasteiger partial charge in [0.2, 0.25) is 17.4 Å². The molecular formula is C21H20N8O5. The number of hydrazone groups is 1. The molecule has 0 spiro atoms. The second kappa shape index (κ2) is 9.68. The molecule has 0 unspecified atom stereocenters. The predicted molar refractivity (Wildman–Crippen MR) is 120 cm³/mol. The zero-order chi connectivity index (χ0) is 24.1. The maximum absolute atomic E-state index is 12.9. The number of nitrogens with zero attached hydrogens (tertiary/aromatic N) is 6. The average Bonchev–Trinajstić information content (AvgIpc) is 3.49. The minimum atomic E-state index is -0.608. The Morgan fingerprint density at radius 1 is 1.09 bits per heavy atom. The molecule has 0 aliphatic heterocycles. The lowest BCUT2D eigenvalue weighted by molar-refractivity contribution is 0.0950. The lowest BCUT2D eigenvalue weighted by atomic mass is 10.1. The second-order valence-corrected chi connectivity index (χ2v) is 6.70. The number of nitrogens with two attached hydrogens (primary N) is 1. The molecule has 0 fully saturated rings. The Morgan fingerprint density at radius 3 is 2.38 bits per heavy atom. The number of benzene rings is 2. The van der Waals surface area contributed by atoms with Crippen molar-refractivity contribution in [3.63, 3.8) is 0 Å². The van der Waals surface area contributed by atoms with E-state index < -0.39 is 5.91 Å². The van der Waals surface area contributed by atoms with Crippen molar-refractivity contribution in [1.82, 2.24) is 30.7 Å². The Bertz CT molecular complexity index is 1310. The molecule has 2 aromatic heterocycles. The summed E-state index contributed by atoms with van der Waals surface area (Å²) in [4.78, 5) is 12.9. The van der Waals surface area contributed by atoms with Gasteiger partial charge in [0.15, 0.2) is 17.2 Å². The second-order valence-electron chi connectivity index (χ2n) is 6.70. The molecule has 4 rings (SSSR count). The number of anilines is 1. The number of hydrogen-bond donors (Lipinski definition) is 2. The van der Waals surface area contributed by atoms with Gasteiger partial charge in [-0.25, -0.2) is 10.1 Å². The van der Waals surface area contributed by atoms with Gasteiger partial charge in [0.25, 0.3) is 5.91 Å². The minimum absolute atomic E-state index is 0.00404. The first kappa shape index (κ1) is 22.3. The van der Waals surface area contributed by atoms with E-state index in [1.165, 1.54) is 32.2 Å². The van der Waals surface area contributed by atoms with Crippen LogP contribution in [0.3, 0.4) is 0 Å². The summed E-state index contributed by atoms with van der Waals surface area (Å²) in [7, 11) is 4.52. The van der Waals surface area contributed by atoms with Gasteiger partial charge < -0.3 is 19.9 Å². The van der Waals surface area contributed by atoms with Crippen LogP contribution in [0.15, 0.2) is 52.2 Å². The van der Waals surface area contributed by atoms with Crippen LogP contribution in [0.25, 0.3) is 17.1 Å². The summed E-state index contributed by atoms with van der Waals surface area (Å²) in [5.41, 5.74) is 9.83. The molecule has 3 N–H and O–H groups in total. The molecule has 0 saturated carbocycles. The van der Waals surface area contributed by atoms with Crippen molar-refractivity contribution in [3.05, 3.63) is 53.7 Å². The Kier molecular flexibility index (Phi) is 6.34. The lowest BCUT2D eigenvalue weighted by Gasteiger charge is -2.12. The topological polar surface area (TPSA) is 165 Å². The summed E-state index contributed by atoms with van der Waals surface area (Å²) in [5, 5.41) is 19.3. The summed E-state index contributed by atoms with van der Waals surface area (Å²) in [6, 6.07) is 12.4. The zero-order valence-corrected chi connectivity index (χ0v) is 18.4. The number of aromatic nitrogens is 5. The third-order valence-electron chi connectivity index (χ3n) is 4.70. The molecule has 13 nitrogen and oxygen atoms in total. The van der Waals surface area contributed by atoms with Crippen LogP contribution >= 0.6 is 0 Å². The third kappa shape index (κ3) is 4.21. The molecule has 2 aromatic carbocycles. The van der Waals surface area contributed by atoms with Gasteiger partial charge in [-0.15, -0.1) is 5.10 Å². The molecular weight excluding hydrogens is 444 g/mol. The van der Waals surface area contributed by atoms with Gasteiger partial charge in [-0.3, -0.25) is 4.79 Å². The van der Waals surface area contributed by atoms with E-state index in [2.05, 4.69) is 35.8 Å². The van der Waals surface area contributed by atoms with Crippen LogP contribution in [0, 0.1) is 0 Å². The van der Waals surface area contributed by atoms with E-state index in [4.69, 9.17) is 19.9 Å². The highest BCUT2D eigenvalue weighted by molar-refractivity contribution is 5.98. The Morgan fingerprint density at radius 2 is 1.79 bits per heavy atom. The van der Waals surface area contributed by atoms with E-state index in [1.54, 1.807) is 36.4 Å². The maximum Gasteiger partial charge on any atom is 0.294 e. The lowest BCUT2D eigenvalue weighted by Crippen LogP contribution is -2.19. The molecule has 0 bridgehead atoms. The van der Waals surface area contributed by atoms with Gasteiger partial charge >= 0.3 is 0 Å². The quantitative estimate of drug-likeness (QED) is 0.289. The monoisotopic (exact) mass is 464 g/mol. The number of nitrogen functional groups attached to an aromatic ring is 1. The molecule has 0 aliphatic rings. The molecule has 2 heterocycles. The minimum Gasteiger partial charge on any atom is -0.493 e. The third-order valence-corrected chi connectivity index (χ3v) is 4.70. The molecule has 174 valence electrons. The predicted octanol–water partition coefficient (Wildman–Crippen LogP) is 1.69. The number of hydrogen-bond acceptors (Lipinski definition) is 11. The molecule has 0 atom stereocenters. The Balaban J connectivity index is 1.64. The first-order valence-corrected chi connectivity index (χ1v) is 9.80. The van der Waals surface area contributed by atoms with Crippen LogP contribution in [0.1, 0.15) is 16.1 Å². The normalized spacial score (nSPS) is 10.9. The van der Waals surface area contributed by atoms with Gasteiger partial charge in [-0.05, 0) is 22.4 Å². The van der Waals surface area contributed by atoms with Gasteiger partial charge in [-0.1, -0.05) is 35.5 Å². The highest BCUT2D eigenvalue weighted by Crippen LogP contribution is 2.37. The fraction of sp³-hybridized carbons (Fsp3) is 0.143. The van der Waals surface area contributed by atoms with Crippen molar-refractivity contribution in [2.24, 2.45) is 5.10 Å². The number of ether oxygens (including phenoxy) is 3. The van der Waals surface area contributed by atoms with Crippen molar-refractivity contribution < 1.29 is 23.6 Å². The highest BCUT2D eigenvalue weighted by Gasteiger charge is 2.25. The first-order valence-electron chi connectivity index (χ1n) is 9.80. The molecule has 34 heavy (non-hydrogen) atoms. The number of nitrogens with one attached hydrogen (secondary N) is 1. The Hall–Kier alpha value is -4.94. The van der Waals surface area contributed by atoms with E-state index in [0.29, 0.717) is 34.1 Å². The fourth-order valence-electron chi connectivity index (χ4n) is 3.17. The molecule has 1 amide bonds. The van der Waals surface area contributed by atoms with Crippen molar-refractivity contribution in [1.29, 1.82) is 0 Å². The van der Waals surface area contributed by atoms with Crippen LogP contribution in [-0.2, 0) is 0 Å². The van der Waals surface area contributed by atoms with Crippen LogP contribution in [0.5, 0.6) is 17.2 Å². The largest absolute Gasteiger partial charge is 0.493 e. The molecule has 0 saturated heterocycles. The molecule has 0 aliphatic carbocycles. The summed E-state index contributed by atoms with van der Waals surface area (Å²) >= 11 is 0. The number of amides is 1. The van der Waals surface area contributed by atoms with Gasteiger partial charge in [0.05, 0.1) is 27.5 Å². The van der Waals surface area contributed by atoms with E-state index in [1.807, 2.05) is 6.07 Å². The first-order chi connectivity index (χ1) is 16.6. The fourth-order valence-corrected chi connectivity index (χ4v) is 3.17. The summed E-state index contributed by atoms with van der Waals surface area (Å²) < 4.78 is 21.9. The summed E-state index contributed by atoms with van der Waals surface area (Å²) in [6.07, 6.45) is 1.43. The summed E-state index contributed by atoms with van der Waals surface area (Å²) in [5.74, 6) is 0.826. The van der Waals surface area contributed by atoms with Crippen molar-refractivity contribution in [2.75, 3.05) is 27.1 Å². The molecule has 13 heteroatoms. The van der Waals surface area contributed by atoms with Gasteiger partial charge in [-0.2, -0.15) is 9.78 Å². The van der Waals surface area contributed by atoms with Crippen LogP contribution in [0.2, 0.25) is 0 Å². The van der Waals surface area contributed by atoms with Crippen LogP contribution < -0.4 is 25.4 Å². The van der Waals surface area contributed by atoms with Crippen LogP contribution in [-0.4, -0.2) is 58.8 Å². The van der Waals surface area contributed by atoms with Gasteiger partial charge in [0.1, 0.15) is 5.69 Å². The van der Waals surface area contributed by atoms with Crippen molar-refractivity contribution in [2.45, 2.75) is 0 Å². The van der Waals surface area contributed by atoms with Crippen molar-refractivity contribution >= 4 is 17.9 Å². The highest BCUT2D eigenvalue weighted by atomic mass is 16.6. The average molecular weight is 464 g/mol. The number of carbonyl (C=O) groups is 1. The van der Waals surface area contributed by atoms with Crippen LogP contribution in [0.4, 0.5) is 5.82 Å². The summed E-state index contributed by atoms with van der Waals surface area (Å²) in [6.45, 7) is 0. The number of rotatable bonds is 8. The molecule has 4 aromatic rings. The van der Waals surface area contributed by atoms with Gasteiger partial charge in [0, 0.05) is 11.1 Å². The number of carbonyl (C=O) groups excluding carboxylic acids is 1. The standard InChI is InChI=1S/C21H20N8O5/c1-31-14-9-12(10-15(32-2)18(14)33-3)11-23-25-21(30)16-17(13-7-5-4-6-8-13)29(28-24-16)20-19(22)26-34-27-20/h4-11H,1-3H3,(H2,22,26)(H,25,30)/b23-11+. The van der Waals surface area contributed by atoms with E-state index in [-0.39, 0.29) is 17.3 Å². The SMILES string of the molecule is COc1cc(/C=N/NC(=O)c2nnn(-c3nonc3N)c2-c2ccccc2)cc(OC)c1OC. The van der Waals surface area contributed by atoms with E-state index in [9.17, 15) is 4.79 Å². The maximum atomic E-state index is 12.9. The van der Waals surface area contributed by atoms with Crippen molar-refractivity contribution in [3.8, 4) is 34.3 Å². The van der Waals surface area contributed by atoms with E-state index in [0.717, 1.165) is 0 Å². The van der Waals surface area contributed by atoms with E-state index >= 15 is 0 Å². The smallest absolute Gasteiger partial charge is 0.294 e. The Labute approximate surface area is 193 Å². The molecule has 0 radical (unpaired) electrons.